The Kier molecular flexibility index (Phi) is 2.42. The minimum Gasteiger partial charge on any atom is -0.461 e. The summed E-state index contributed by atoms with van der Waals surface area (Å²) < 4.78 is 9.71. The number of nitrogens with two attached hydrogens (primary N) is 1. The molecule has 1 unspecified atom stereocenters. The molecule has 3 N–H and O–H groups in total. The van der Waals surface area contributed by atoms with Crippen molar-refractivity contribution in [3.8, 4) is 0 Å². The second-order valence-electron chi connectivity index (χ2n) is 2.36. The SMILES string of the molecule is CCOC(=O)C1=C(N)OC(C)N1. The van der Waals surface area contributed by atoms with Crippen LogP contribution in [0.3, 0.4) is 0 Å². The molecular weight excluding hydrogens is 160 g/mol. The predicted octanol–water partition coefficient (Wildman–Crippen LogP) is -0.357. The Morgan fingerprint density at radius 1 is 1.83 bits per heavy atom. The molecular formula is C7H12N2O3. The van der Waals surface area contributed by atoms with Gasteiger partial charge in [0.2, 0.25) is 5.88 Å². The zero-order chi connectivity index (χ0) is 9.14. The van der Waals surface area contributed by atoms with Crippen LogP contribution in [0.5, 0.6) is 0 Å². The van der Waals surface area contributed by atoms with Crippen molar-refractivity contribution < 1.29 is 14.3 Å². The second kappa shape index (κ2) is 3.34. The van der Waals surface area contributed by atoms with Crippen LogP contribution in [0.1, 0.15) is 13.8 Å². The van der Waals surface area contributed by atoms with E-state index in [4.69, 9.17) is 15.2 Å². The Hall–Kier alpha value is -1.39. The second-order valence-corrected chi connectivity index (χ2v) is 2.36. The third-order valence-electron chi connectivity index (χ3n) is 1.38. The van der Waals surface area contributed by atoms with E-state index in [2.05, 4.69) is 5.32 Å². The molecule has 0 fully saturated rings. The van der Waals surface area contributed by atoms with Gasteiger partial charge < -0.3 is 20.5 Å². The lowest BCUT2D eigenvalue weighted by Crippen LogP contribution is -2.25. The van der Waals surface area contributed by atoms with Crippen LogP contribution >= 0.6 is 0 Å². The summed E-state index contributed by atoms with van der Waals surface area (Å²) >= 11 is 0. The highest BCUT2D eigenvalue weighted by Crippen LogP contribution is 2.11. The molecule has 0 radical (unpaired) electrons. The summed E-state index contributed by atoms with van der Waals surface area (Å²) in [6.45, 7) is 3.80. The molecule has 1 atom stereocenters. The lowest BCUT2D eigenvalue weighted by molar-refractivity contribution is -0.138. The van der Waals surface area contributed by atoms with Gasteiger partial charge in [0, 0.05) is 0 Å². The number of hydrogen-bond donors (Lipinski definition) is 2. The van der Waals surface area contributed by atoms with Crippen LogP contribution in [0, 0.1) is 0 Å². The van der Waals surface area contributed by atoms with Gasteiger partial charge in [-0.05, 0) is 13.8 Å². The standard InChI is InChI=1S/C7H12N2O3/c1-3-11-7(10)5-6(8)12-4(2)9-5/h4,9H,3,8H2,1-2H3. The van der Waals surface area contributed by atoms with Crippen molar-refractivity contribution in [2.24, 2.45) is 5.73 Å². The fourth-order valence-corrected chi connectivity index (χ4v) is 0.916. The highest BCUT2D eigenvalue weighted by atomic mass is 16.5. The van der Waals surface area contributed by atoms with Crippen molar-refractivity contribution in [3.63, 3.8) is 0 Å². The number of nitrogens with one attached hydrogen (secondary N) is 1. The average Bonchev–Trinajstić information content (AvgIpc) is 2.30. The van der Waals surface area contributed by atoms with Gasteiger partial charge in [-0.15, -0.1) is 0 Å². The maximum atomic E-state index is 11.1. The molecule has 0 amide bonds. The predicted molar refractivity (Wildman–Crippen MR) is 41.5 cm³/mol. The molecule has 0 aromatic carbocycles. The van der Waals surface area contributed by atoms with Crippen molar-refractivity contribution in [2.45, 2.75) is 20.1 Å². The topological polar surface area (TPSA) is 73.6 Å². The Morgan fingerprint density at radius 3 is 2.92 bits per heavy atom. The van der Waals surface area contributed by atoms with Gasteiger partial charge in [0.15, 0.2) is 11.9 Å². The fourth-order valence-electron chi connectivity index (χ4n) is 0.916. The molecule has 1 heterocycles. The zero-order valence-electron chi connectivity index (χ0n) is 7.09. The molecule has 0 aromatic heterocycles. The Labute approximate surface area is 70.5 Å². The van der Waals surface area contributed by atoms with Gasteiger partial charge in [-0.3, -0.25) is 0 Å². The summed E-state index contributed by atoms with van der Waals surface area (Å²) in [5.41, 5.74) is 5.61. The number of carbonyl (C=O) groups excluding carboxylic acids is 1. The summed E-state index contributed by atoms with van der Waals surface area (Å²) in [5.74, 6) is -0.375. The van der Waals surface area contributed by atoms with Crippen molar-refractivity contribution in [3.05, 3.63) is 11.6 Å². The molecule has 0 bridgehead atoms. The molecule has 0 aromatic rings. The van der Waals surface area contributed by atoms with Gasteiger partial charge in [0.25, 0.3) is 0 Å². The van der Waals surface area contributed by atoms with Crippen molar-refractivity contribution in [1.82, 2.24) is 5.32 Å². The maximum absolute atomic E-state index is 11.1. The zero-order valence-corrected chi connectivity index (χ0v) is 7.09. The monoisotopic (exact) mass is 172 g/mol. The Bertz CT molecular complexity index is 225. The molecule has 5 nitrogen and oxygen atoms in total. The summed E-state index contributed by atoms with van der Waals surface area (Å²) in [6, 6.07) is 0. The molecule has 5 heteroatoms. The first-order valence-corrected chi connectivity index (χ1v) is 3.75. The van der Waals surface area contributed by atoms with Gasteiger partial charge in [-0.25, -0.2) is 4.79 Å². The first kappa shape index (κ1) is 8.70. The summed E-state index contributed by atoms with van der Waals surface area (Å²) in [4.78, 5) is 11.1. The maximum Gasteiger partial charge on any atom is 0.360 e. The Balaban J connectivity index is 2.62. The summed E-state index contributed by atoms with van der Waals surface area (Å²) in [7, 11) is 0. The van der Waals surface area contributed by atoms with E-state index < -0.39 is 5.97 Å². The van der Waals surface area contributed by atoms with Crippen LogP contribution in [-0.4, -0.2) is 18.8 Å². The van der Waals surface area contributed by atoms with E-state index in [9.17, 15) is 4.79 Å². The molecule has 1 aliphatic heterocycles. The minimum atomic E-state index is -0.473. The molecule has 0 saturated heterocycles. The highest BCUT2D eigenvalue weighted by Gasteiger charge is 2.25. The molecule has 1 aliphatic rings. The van der Waals surface area contributed by atoms with Crippen LogP contribution in [0.15, 0.2) is 11.6 Å². The van der Waals surface area contributed by atoms with E-state index in [0.717, 1.165) is 0 Å². The van der Waals surface area contributed by atoms with E-state index in [-0.39, 0.29) is 17.8 Å². The van der Waals surface area contributed by atoms with Crippen molar-refractivity contribution >= 4 is 5.97 Å². The van der Waals surface area contributed by atoms with Crippen LogP contribution < -0.4 is 11.1 Å². The van der Waals surface area contributed by atoms with E-state index in [1.54, 1.807) is 13.8 Å². The van der Waals surface area contributed by atoms with Gasteiger partial charge in [0.05, 0.1) is 6.61 Å². The van der Waals surface area contributed by atoms with Crippen LogP contribution in [0.4, 0.5) is 0 Å². The third-order valence-corrected chi connectivity index (χ3v) is 1.38. The van der Waals surface area contributed by atoms with E-state index in [0.29, 0.717) is 6.61 Å². The summed E-state index contributed by atoms with van der Waals surface area (Å²) in [6.07, 6.45) is -0.260. The largest absolute Gasteiger partial charge is 0.461 e. The molecule has 68 valence electrons. The van der Waals surface area contributed by atoms with Gasteiger partial charge in [-0.2, -0.15) is 0 Å². The minimum absolute atomic E-state index is 0.0981. The summed E-state index contributed by atoms with van der Waals surface area (Å²) in [5, 5.41) is 2.75. The molecule has 1 rings (SSSR count). The van der Waals surface area contributed by atoms with Gasteiger partial charge in [0.1, 0.15) is 0 Å². The average molecular weight is 172 g/mol. The number of esters is 1. The normalized spacial score (nSPS) is 21.7. The van der Waals surface area contributed by atoms with Gasteiger partial charge >= 0.3 is 5.97 Å². The highest BCUT2D eigenvalue weighted by molar-refractivity contribution is 5.88. The van der Waals surface area contributed by atoms with Crippen LogP contribution in [-0.2, 0) is 14.3 Å². The Morgan fingerprint density at radius 2 is 2.50 bits per heavy atom. The molecule has 0 spiro atoms. The van der Waals surface area contributed by atoms with E-state index in [1.165, 1.54) is 0 Å². The number of rotatable bonds is 2. The number of carbonyl (C=O) groups is 1. The first-order valence-electron chi connectivity index (χ1n) is 3.75. The first-order chi connectivity index (χ1) is 5.65. The smallest absolute Gasteiger partial charge is 0.360 e. The van der Waals surface area contributed by atoms with E-state index in [1.807, 2.05) is 0 Å². The fraction of sp³-hybridized carbons (Fsp3) is 0.571. The molecule has 0 saturated carbocycles. The lowest BCUT2D eigenvalue weighted by Gasteiger charge is -2.04. The molecule has 0 aliphatic carbocycles. The number of hydrogen-bond acceptors (Lipinski definition) is 5. The third kappa shape index (κ3) is 1.61. The lowest BCUT2D eigenvalue weighted by atomic mass is 10.4. The van der Waals surface area contributed by atoms with Crippen molar-refractivity contribution in [1.29, 1.82) is 0 Å². The van der Waals surface area contributed by atoms with E-state index >= 15 is 0 Å². The van der Waals surface area contributed by atoms with Crippen molar-refractivity contribution in [2.75, 3.05) is 6.61 Å². The van der Waals surface area contributed by atoms with Crippen LogP contribution in [0.2, 0.25) is 0 Å². The number of ether oxygens (including phenoxy) is 2. The molecule has 12 heavy (non-hydrogen) atoms. The van der Waals surface area contributed by atoms with Crippen LogP contribution in [0.25, 0.3) is 0 Å². The van der Waals surface area contributed by atoms with Gasteiger partial charge in [-0.1, -0.05) is 0 Å². The quantitative estimate of drug-likeness (QED) is 0.556.